The van der Waals surface area contributed by atoms with E-state index in [4.69, 9.17) is 0 Å². The molecule has 1 amide bonds. The molecule has 0 saturated carbocycles. The number of aromatic hydroxyl groups is 1. The fourth-order valence-corrected chi connectivity index (χ4v) is 1.38. The molecule has 0 spiro atoms. The molecule has 1 aromatic carbocycles. The van der Waals surface area contributed by atoms with E-state index in [-0.39, 0.29) is 11.7 Å². The van der Waals surface area contributed by atoms with Gasteiger partial charge in [-0.05, 0) is 37.2 Å². The van der Waals surface area contributed by atoms with E-state index in [1.807, 2.05) is 13.8 Å². The first-order valence-corrected chi connectivity index (χ1v) is 5.43. The van der Waals surface area contributed by atoms with Crippen molar-refractivity contribution in [1.29, 1.82) is 0 Å². The molecule has 0 aliphatic rings. The highest BCUT2D eigenvalue weighted by Crippen LogP contribution is 2.19. The van der Waals surface area contributed by atoms with E-state index >= 15 is 0 Å². The molecule has 0 heterocycles. The highest BCUT2D eigenvalue weighted by molar-refractivity contribution is 5.91. The van der Waals surface area contributed by atoms with Gasteiger partial charge in [0.25, 0.3) is 0 Å². The Bertz CT molecular complexity index is 364. The Morgan fingerprint density at radius 1 is 1.44 bits per heavy atom. The van der Waals surface area contributed by atoms with Crippen LogP contribution >= 0.6 is 0 Å². The van der Waals surface area contributed by atoms with Crippen LogP contribution in [0.5, 0.6) is 5.75 Å². The van der Waals surface area contributed by atoms with Gasteiger partial charge < -0.3 is 15.7 Å². The molecule has 0 bridgehead atoms. The van der Waals surface area contributed by atoms with E-state index in [9.17, 15) is 9.90 Å². The van der Waals surface area contributed by atoms with E-state index in [0.29, 0.717) is 13.0 Å². The van der Waals surface area contributed by atoms with Crippen molar-refractivity contribution in [2.24, 2.45) is 0 Å². The predicted molar refractivity (Wildman–Crippen MR) is 64.6 cm³/mol. The molecular formula is C12H18N2O2. The SMILES string of the molecule is CCNCCC(=O)Nc1ccc(O)cc1C. The molecule has 3 N–H and O–H groups in total. The van der Waals surface area contributed by atoms with Gasteiger partial charge in [0.2, 0.25) is 5.91 Å². The molecule has 0 aliphatic carbocycles. The molecule has 4 nitrogen and oxygen atoms in total. The zero-order valence-corrected chi connectivity index (χ0v) is 9.71. The van der Waals surface area contributed by atoms with Gasteiger partial charge in [0.15, 0.2) is 0 Å². The number of carbonyl (C=O) groups is 1. The largest absolute Gasteiger partial charge is 0.508 e. The van der Waals surface area contributed by atoms with Crippen molar-refractivity contribution in [2.45, 2.75) is 20.3 Å². The number of phenols is 1. The number of rotatable bonds is 5. The molecule has 0 saturated heterocycles. The van der Waals surface area contributed by atoms with E-state index in [1.54, 1.807) is 18.2 Å². The minimum atomic E-state index is -0.0188. The first-order valence-electron chi connectivity index (χ1n) is 5.43. The summed E-state index contributed by atoms with van der Waals surface area (Å²) in [4.78, 5) is 11.5. The van der Waals surface area contributed by atoms with Crippen LogP contribution in [0, 0.1) is 6.92 Å². The van der Waals surface area contributed by atoms with Crippen molar-refractivity contribution in [3.05, 3.63) is 23.8 Å². The van der Waals surface area contributed by atoms with Gasteiger partial charge in [0, 0.05) is 18.7 Å². The molecule has 0 aliphatic heterocycles. The Labute approximate surface area is 95.7 Å². The lowest BCUT2D eigenvalue weighted by atomic mass is 10.2. The molecule has 88 valence electrons. The maximum absolute atomic E-state index is 11.5. The first-order chi connectivity index (χ1) is 7.63. The Morgan fingerprint density at radius 2 is 2.19 bits per heavy atom. The number of aryl methyl sites for hydroxylation is 1. The van der Waals surface area contributed by atoms with E-state index in [1.165, 1.54) is 0 Å². The summed E-state index contributed by atoms with van der Waals surface area (Å²) in [6, 6.07) is 4.89. The molecule has 0 radical (unpaired) electrons. The van der Waals surface area contributed by atoms with Gasteiger partial charge >= 0.3 is 0 Å². The van der Waals surface area contributed by atoms with Crippen LogP contribution in [0.15, 0.2) is 18.2 Å². The molecule has 4 heteroatoms. The molecule has 0 fully saturated rings. The molecular weight excluding hydrogens is 204 g/mol. The average molecular weight is 222 g/mol. The summed E-state index contributed by atoms with van der Waals surface area (Å²) in [7, 11) is 0. The number of benzene rings is 1. The van der Waals surface area contributed by atoms with Crippen molar-refractivity contribution in [3.8, 4) is 5.75 Å². The van der Waals surface area contributed by atoms with Crippen molar-refractivity contribution in [3.63, 3.8) is 0 Å². The van der Waals surface area contributed by atoms with E-state index in [0.717, 1.165) is 17.8 Å². The molecule has 0 atom stereocenters. The van der Waals surface area contributed by atoms with E-state index in [2.05, 4.69) is 10.6 Å². The van der Waals surface area contributed by atoms with Crippen LogP contribution in [0.3, 0.4) is 0 Å². The second kappa shape index (κ2) is 6.12. The highest BCUT2D eigenvalue weighted by atomic mass is 16.3. The van der Waals surface area contributed by atoms with Gasteiger partial charge in [-0.2, -0.15) is 0 Å². The van der Waals surface area contributed by atoms with Crippen LogP contribution in [0.2, 0.25) is 0 Å². The van der Waals surface area contributed by atoms with Crippen LogP contribution in [-0.4, -0.2) is 24.1 Å². The Hall–Kier alpha value is -1.55. The number of amides is 1. The molecule has 0 aromatic heterocycles. The van der Waals surface area contributed by atoms with Crippen molar-refractivity contribution in [2.75, 3.05) is 18.4 Å². The third kappa shape index (κ3) is 3.90. The van der Waals surface area contributed by atoms with Crippen LogP contribution in [0.1, 0.15) is 18.9 Å². The van der Waals surface area contributed by atoms with E-state index < -0.39 is 0 Å². The fourth-order valence-electron chi connectivity index (χ4n) is 1.38. The summed E-state index contributed by atoms with van der Waals surface area (Å²) >= 11 is 0. The zero-order chi connectivity index (χ0) is 12.0. The second-order valence-electron chi connectivity index (χ2n) is 3.65. The lowest BCUT2D eigenvalue weighted by molar-refractivity contribution is -0.116. The number of nitrogens with one attached hydrogen (secondary N) is 2. The molecule has 1 aromatic rings. The summed E-state index contributed by atoms with van der Waals surface area (Å²) in [5.41, 5.74) is 1.61. The molecule has 0 unspecified atom stereocenters. The minimum absolute atomic E-state index is 0.0188. The smallest absolute Gasteiger partial charge is 0.225 e. The normalized spacial score (nSPS) is 10.1. The van der Waals surface area contributed by atoms with Crippen LogP contribution in [0.4, 0.5) is 5.69 Å². The number of hydrogen-bond acceptors (Lipinski definition) is 3. The third-order valence-corrected chi connectivity index (χ3v) is 2.26. The van der Waals surface area contributed by atoms with Gasteiger partial charge in [0.05, 0.1) is 0 Å². The highest BCUT2D eigenvalue weighted by Gasteiger charge is 2.04. The van der Waals surface area contributed by atoms with Gasteiger partial charge in [-0.3, -0.25) is 4.79 Å². The maximum Gasteiger partial charge on any atom is 0.225 e. The van der Waals surface area contributed by atoms with Gasteiger partial charge in [-0.25, -0.2) is 0 Å². The summed E-state index contributed by atoms with van der Waals surface area (Å²) in [5.74, 6) is 0.192. The lowest BCUT2D eigenvalue weighted by Gasteiger charge is -2.08. The molecule has 16 heavy (non-hydrogen) atoms. The van der Waals surface area contributed by atoms with Gasteiger partial charge in [-0.1, -0.05) is 6.92 Å². The Kier molecular flexibility index (Phi) is 4.79. The average Bonchev–Trinajstić information content (AvgIpc) is 2.23. The maximum atomic E-state index is 11.5. The minimum Gasteiger partial charge on any atom is -0.508 e. The predicted octanol–water partition coefficient (Wildman–Crippen LogP) is 1.64. The number of carbonyl (C=O) groups excluding carboxylic acids is 1. The van der Waals surface area contributed by atoms with Crippen molar-refractivity contribution < 1.29 is 9.90 Å². The second-order valence-corrected chi connectivity index (χ2v) is 3.65. The zero-order valence-electron chi connectivity index (χ0n) is 9.71. The number of anilines is 1. The van der Waals surface area contributed by atoms with Crippen molar-refractivity contribution >= 4 is 11.6 Å². The first kappa shape index (κ1) is 12.5. The summed E-state index contributed by atoms with van der Waals surface area (Å²) in [5, 5.41) is 15.1. The quantitative estimate of drug-likeness (QED) is 0.524. The van der Waals surface area contributed by atoms with Crippen LogP contribution in [-0.2, 0) is 4.79 Å². The van der Waals surface area contributed by atoms with Crippen LogP contribution in [0.25, 0.3) is 0 Å². The summed E-state index contributed by atoms with van der Waals surface area (Å²) in [6.45, 7) is 5.40. The topological polar surface area (TPSA) is 61.4 Å². The van der Waals surface area contributed by atoms with Gasteiger partial charge in [-0.15, -0.1) is 0 Å². The van der Waals surface area contributed by atoms with Crippen LogP contribution < -0.4 is 10.6 Å². The fraction of sp³-hybridized carbons (Fsp3) is 0.417. The van der Waals surface area contributed by atoms with Gasteiger partial charge in [0.1, 0.15) is 5.75 Å². The molecule has 1 rings (SSSR count). The Balaban J connectivity index is 2.49. The third-order valence-electron chi connectivity index (χ3n) is 2.26. The summed E-state index contributed by atoms with van der Waals surface area (Å²) in [6.07, 6.45) is 0.453. The summed E-state index contributed by atoms with van der Waals surface area (Å²) < 4.78 is 0. The number of hydrogen-bond donors (Lipinski definition) is 3. The van der Waals surface area contributed by atoms with Crippen molar-refractivity contribution in [1.82, 2.24) is 5.32 Å². The lowest BCUT2D eigenvalue weighted by Crippen LogP contribution is -2.21. The number of phenolic OH excluding ortho intramolecular Hbond substituents is 1. The monoisotopic (exact) mass is 222 g/mol. The Morgan fingerprint density at radius 3 is 2.81 bits per heavy atom. The standard InChI is InChI=1S/C12H18N2O2/c1-3-13-7-6-12(16)14-11-5-4-10(15)8-9(11)2/h4-5,8,13,15H,3,6-7H2,1-2H3,(H,14,16).